The first-order valence-corrected chi connectivity index (χ1v) is 5.29. The molecule has 90 valence electrons. The van der Waals surface area contributed by atoms with Crippen LogP contribution in [-0.2, 0) is 9.53 Å². The summed E-state index contributed by atoms with van der Waals surface area (Å²) in [5.41, 5.74) is 5.22. The molecular formula is C11H19N3O2. The monoisotopic (exact) mass is 225 g/mol. The number of rotatable bonds is 6. The average Bonchev–Trinajstić information content (AvgIpc) is 2.57. The van der Waals surface area contributed by atoms with Crippen molar-refractivity contribution in [2.75, 3.05) is 32.2 Å². The van der Waals surface area contributed by atoms with E-state index in [1.165, 1.54) is 0 Å². The van der Waals surface area contributed by atoms with Gasteiger partial charge in [0.05, 0.1) is 6.61 Å². The number of nitrogens with one attached hydrogen (secondary N) is 2. The zero-order chi connectivity index (χ0) is 12.0. The van der Waals surface area contributed by atoms with E-state index in [4.69, 9.17) is 4.74 Å². The number of nitrogens with zero attached hydrogens (tertiary/aromatic N) is 1. The van der Waals surface area contributed by atoms with Crippen LogP contribution in [0.4, 0.5) is 0 Å². The van der Waals surface area contributed by atoms with Gasteiger partial charge in [0.2, 0.25) is 5.91 Å². The summed E-state index contributed by atoms with van der Waals surface area (Å²) in [4.78, 5) is 11.4. The van der Waals surface area contributed by atoms with Gasteiger partial charge in [-0.25, -0.2) is 0 Å². The second-order valence-electron chi connectivity index (χ2n) is 3.63. The van der Waals surface area contributed by atoms with Crippen LogP contribution >= 0.6 is 0 Å². The number of hydrogen-bond donors (Lipinski definition) is 2. The fourth-order valence-corrected chi connectivity index (χ4v) is 1.42. The van der Waals surface area contributed by atoms with Crippen molar-refractivity contribution >= 4 is 5.91 Å². The molecule has 5 heteroatoms. The third kappa shape index (κ3) is 3.58. The molecule has 0 saturated heterocycles. The Hall–Kier alpha value is -1.49. The Balaban J connectivity index is 2.32. The van der Waals surface area contributed by atoms with Crippen LogP contribution in [-0.4, -0.2) is 37.4 Å². The number of ether oxygens (including phenoxy) is 1. The van der Waals surface area contributed by atoms with Crippen LogP contribution in [0, 0.1) is 13.8 Å². The molecule has 0 aliphatic carbocycles. The van der Waals surface area contributed by atoms with Crippen LogP contribution in [0.15, 0.2) is 12.1 Å². The van der Waals surface area contributed by atoms with Crippen molar-refractivity contribution in [3.63, 3.8) is 0 Å². The maximum atomic E-state index is 11.4. The Morgan fingerprint density at radius 1 is 1.38 bits per heavy atom. The van der Waals surface area contributed by atoms with Crippen molar-refractivity contribution in [3.05, 3.63) is 23.5 Å². The largest absolute Gasteiger partial charge is 0.383 e. The normalized spacial score (nSPS) is 10.2. The average molecular weight is 225 g/mol. The summed E-state index contributed by atoms with van der Waals surface area (Å²) in [5.74, 6) is -0.0375. The molecule has 0 bridgehead atoms. The zero-order valence-electron chi connectivity index (χ0n) is 10.0. The molecule has 0 aliphatic rings. The second-order valence-corrected chi connectivity index (χ2v) is 3.63. The molecule has 2 N–H and O–H groups in total. The van der Waals surface area contributed by atoms with E-state index in [0.717, 1.165) is 11.4 Å². The first-order chi connectivity index (χ1) is 7.65. The van der Waals surface area contributed by atoms with Gasteiger partial charge in [0, 0.05) is 25.0 Å². The summed E-state index contributed by atoms with van der Waals surface area (Å²) in [5, 5.41) is 2.75. The fourth-order valence-electron chi connectivity index (χ4n) is 1.42. The van der Waals surface area contributed by atoms with Gasteiger partial charge in [0.25, 0.3) is 0 Å². The quantitative estimate of drug-likeness (QED) is 0.689. The van der Waals surface area contributed by atoms with Gasteiger partial charge in [-0.05, 0) is 26.0 Å². The minimum atomic E-state index is -0.0375. The minimum Gasteiger partial charge on any atom is -0.383 e. The van der Waals surface area contributed by atoms with Crippen LogP contribution in [0.1, 0.15) is 11.4 Å². The molecule has 0 fully saturated rings. The second kappa shape index (κ2) is 6.17. The van der Waals surface area contributed by atoms with Gasteiger partial charge < -0.3 is 15.5 Å². The van der Waals surface area contributed by atoms with Crippen molar-refractivity contribution in [2.24, 2.45) is 0 Å². The van der Waals surface area contributed by atoms with E-state index in [-0.39, 0.29) is 12.5 Å². The number of hydrogen-bond acceptors (Lipinski definition) is 3. The summed E-state index contributed by atoms with van der Waals surface area (Å²) >= 11 is 0. The summed E-state index contributed by atoms with van der Waals surface area (Å²) in [7, 11) is 1.61. The van der Waals surface area contributed by atoms with Gasteiger partial charge in [0.1, 0.15) is 6.54 Å². The van der Waals surface area contributed by atoms with Crippen LogP contribution in [0.25, 0.3) is 0 Å². The molecule has 0 saturated carbocycles. The number of carbonyl (C=O) groups excluding carboxylic acids is 1. The van der Waals surface area contributed by atoms with Crippen LogP contribution in [0.2, 0.25) is 0 Å². The highest BCUT2D eigenvalue weighted by molar-refractivity contribution is 5.79. The van der Waals surface area contributed by atoms with E-state index >= 15 is 0 Å². The van der Waals surface area contributed by atoms with Gasteiger partial charge in [-0.15, -0.1) is 0 Å². The molecule has 1 amide bonds. The van der Waals surface area contributed by atoms with Gasteiger partial charge >= 0.3 is 0 Å². The molecule has 16 heavy (non-hydrogen) atoms. The standard InChI is InChI=1S/C11H19N3O2/c1-9-4-5-10(2)14(9)13-8-11(15)12-6-7-16-3/h4-5,13H,6-8H2,1-3H3,(H,12,15). The highest BCUT2D eigenvalue weighted by atomic mass is 16.5. The van der Waals surface area contributed by atoms with E-state index in [2.05, 4.69) is 10.7 Å². The Bertz CT molecular complexity index is 327. The van der Waals surface area contributed by atoms with Crippen molar-refractivity contribution in [1.29, 1.82) is 0 Å². The molecule has 0 aliphatic heterocycles. The smallest absolute Gasteiger partial charge is 0.241 e. The fraction of sp³-hybridized carbons (Fsp3) is 0.545. The van der Waals surface area contributed by atoms with Crippen LogP contribution in [0.3, 0.4) is 0 Å². The lowest BCUT2D eigenvalue weighted by Gasteiger charge is -2.12. The van der Waals surface area contributed by atoms with Gasteiger partial charge in [-0.2, -0.15) is 0 Å². The molecule has 0 aromatic carbocycles. The van der Waals surface area contributed by atoms with Gasteiger partial charge in [-0.3, -0.25) is 9.47 Å². The molecule has 1 heterocycles. The number of amides is 1. The van der Waals surface area contributed by atoms with E-state index < -0.39 is 0 Å². The molecule has 0 radical (unpaired) electrons. The SMILES string of the molecule is COCCNC(=O)CNn1c(C)ccc1C. The molecular weight excluding hydrogens is 206 g/mol. The first-order valence-electron chi connectivity index (χ1n) is 5.29. The minimum absolute atomic E-state index is 0.0375. The Morgan fingerprint density at radius 2 is 2.00 bits per heavy atom. The van der Waals surface area contributed by atoms with Crippen LogP contribution < -0.4 is 10.7 Å². The molecule has 1 aromatic heterocycles. The van der Waals surface area contributed by atoms with Crippen molar-refractivity contribution in [3.8, 4) is 0 Å². The third-order valence-electron chi connectivity index (χ3n) is 2.30. The van der Waals surface area contributed by atoms with Crippen molar-refractivity contribution in [1.82, 2.24) is 9.99 Å². The van der Waals surface area contributed by atoms with Gasteiger partial charge in [0.15, 0.2) is 0 Å². The van der Waals surface area contributed by atoms with E-state index in [1.807, 2.05) is 30.7 Å². The molecule has 5 nitrogen and oxygen atoms in total. The predicted molar refractivity (Wildman–Crippen MR) is 63.0 cm³/mol. The summed E-state index contributed by atoms with van der Waals surface area (Å²) < 4.78 is 6.74. The number of aryl methyl sites for hydroxylation is 2. The topological polar surface area (TPSA) is 55.3 Å². The lowest BCUT2D eigenvalue weighted by atomic mass is 10.5. The number of aromatic nitrogens is 1. The molecule has 0 spiro atoms. The molecule has 0 unspecified atom stereocenters. The summed E-state index contributed by atoms with van der Waals surface area (Å²) in [6.07, 6.45) is 0. The summed E-state index contributed by atoms with van der Waals surface area (Å²) in [6.45, 7) is 5.32. The summed E-state index contributed by atoms with van der Waals surface area (Å²) in [6, 6.07) is 4.01. The Kier molecular flexibility index (Phi) is 4.85. The van der Waals surface area contributed by atoms with E-state index in [0.29, 0.717) is 13.2 Å². The van der Waals surface area contributed by atoms with Crippen molar-refractivity contribution < 1.29 is 9.53 Å². The molecule has 0 atom stereocenters. The lowest BCUT2D eigenvalue weighted by molar-refractivity contribution is -0.119. The highest BCUT2D eigenvalue weighted by Gasteiger charge is 2.03. The maximum Gasteiger partial charge on any atom is 0.241 e. The highest BCUT2D eigenvalue weighted by Crippen LogP contribution is 2.03. The van der Waals surface area contributed by atoms with Crippen molar-refractivity contribution in [2.45, 2.75) is 13.8 Å². The van der Waals surface area contributed by atoms with E-state index in [1.54, 1.807) is 7.11 Å². The van der Waals surface area contributed by atoms with E-state index in [9.17, 15) is 4.79 Å². The van der Waals surface area contributed by atoms with Gasteiger partial charge in [-0.1, -0.05) is 0 Å². The van der Waals surface area contributed by atoms with Crippen LogP contribution in [0.5, 0.6) is 0 Å². The molecule has 1 aromatic rings. The Morgan fingerprint density at radius 3 is 2.56 bits per heavy atom. The first kappa shape index (κ1) is 12.6. The number of methoxy groups -OCH3 is 1. The lowest BCUT2D eigenvalue weighted by Crippen LogP contribution is -2.35. The maximum absolute atomic E-state index is 11.4. The third-order valence-corrected chi connectivity index (χ3v) is 2.30. The number of carbonyl (C=O) groups is 1. The molecule has 1 rings (SSSR count). The predicted octanol–water partition coefficient (Wildman–Crippen LogP) is 0.411. The Labute approximate surface area is 95.8 Å². The zero-order valence-corrected chi connectivity index (χ0v) is 10.0.